The fourth-order valence-corrected chi connectivity index (χ4v) is 5.74. The molecule has 1 atom stereocenters. The molecule has 0 radical (unpaired) electrons. The first-order valence-corrected chi connectivity index (χ1v) is 13.4. The number of methoxy groups -OCH3 is 1. The molecule has 1 aromatic rings. The number of hydrogen-bond acceptors (Lipinski definition) is 8. The number of allylic oxidation sites excluding steroid dienone is 1. The van der Waals surface area contributed by atoms with Gasteiger partial charge in [0, 0.05) is 45.5 Å². The normalized spacial score (nSPS) is 20.4. The second-order valence-electron chi connectivity index (χ2n) is 9.65. The van der Waals surface area contributed by atoms with E-state index in [0.717, 1.165) is 41.6 Å². The van der Waals surface area contributed by atoms with E-state index >= 15 is 0 Å². The van der Waals surface area contributed by atoms with Crippen LogP contribution in [0.25, 0.3) is 0 Å². The Balaban J connectivity index is 1.57. The Bertz CT molecular complexity index is 1090. The molecule has 36 heavy (non-hydrogen) atoms. The van der Waals surface area contributed by atoms with Crippen molar-refractivity contribution in [2.45, 2.75) is 46.3 Å². The van der Waals surface area contributed by atoms with Crippen molar-refractivity contribution >= 4 is 28.8 Å². The number of amides is 1. The van der Waals surface area contributed by atoms with Crippen molar-refractivity contribution in [3.63, 3.8) is 0 Å². The number of carbonyl (C=O) groups excluding carboxylic acids is 2. The van der Waals surface area contributed by atoms with E-state index in [1.807, 2.05) is 56.2 Å². The van der Waals surface area contributed by atoms with Crippen LogP contribution in [0.15, 0.2) is 51.6 Å². The van der Waals surface area contributed by atoms with Gasteiger partial charge >= 0.3 is 5.97 Å². The molecule has 0 saturated carbocycles. The van der Waals surface area contributed by atoms with E-state index in [-0.39, 0.29) is 24.4 Å². The Morgan fingerprint density at radius 3 is 2.58 bits per heavy atom. The quantitative estimate of drug-likeness (QED) is 0.492. The van der Waals surface area contributed by atoms with Crippen LogP contribution in [0.3, 0.4) is 0 Å². The van der Waals surface area contributed by atoms with Crippen molar-refractivity contribution in [3.05, 3.63) is 57.8 Å². The van der Waals surface area contributed by atoms with Crippen LogP contribution in [0.4, 0.5) is 0 Å². The number of ether oxygens (including phenoxy) is 2. The van der Waals surface area contributed by atoms with Crippen molar-refractivity contribution in [1.29, 1.82) is 0 Å². The van der Waals surface area contributed by atoms with Gasteiger partial charge in [-0.3, -0.25) is 9.69 Å². The molecule has 9 heteroatoms. The Morgan fingerprint density at radius 2 is 1.92 bits per heavy atom. The highest BCUT2D eigenvalue weighted by Gasteiger charge is 2.41. The van der Waals surface area contributed by atoms with E-state index in [2.05, 4.69) is 15.9 Å². The van der Waals surface area contributed by atoms with Crippen LogP contribution in [0.2, 0.25) is 0 Å². The van der Waals surface area contributed by atoms with Gasteiger partial charge in [0.1, 0.15) is 0 Å². The summed E-state index contributed by atoms with van der Waals surface area (Å²) in [7, 11) is 1.71. The van der Waals surface area contributed by atoms with Gasteiger partial charge in [-0.25, -0.2) is 9.79 Å². The van der Waals surface area contributed by atoms with Crippen LogP contribution in [0.1, 0.15) is 44.4 Å². The van der Waals surface area contributed by atoms with E-state index < -0.39 is 6.04 Å². The lowest BCUT2D eigenvalue weighted by Gasteiger charge is -2.38. The SMILES string of the molecule is COCCN1CCN(C(=O)CC2=CSC3=NC(C)=C(C(=O)OC(C)C)[C@@H](c4cccc(C)c4)N23)CC1. The number of amidine groups is 1. The lowest BCUT2D eigenvalue weighted by molar-refractivity contribution is -0.143. The summed E-state index contributed by atoms with van der Waals surface area (Å²) in [6.45, 7) is 12.3. The summed E-state index contributed by atoms with van der Waals surface area (Å²) in [6, 6.07) is 7.75. The molecule has 1 amide bonds. The number of rotatable bonds is 8. The van der Waals surface area contributed by atoms with Crippen molar-refractivity contribution in [2.75, 3.05) is 46.4 Å². The number of thioether (sulfide) groups is 1. The molecule has 0 bridgehead atoms. The molecule has 0 aromatic heterocycles. The summed E-state index contributed by atoms with van der Waals surface area (Å²) in [5, 5.41) is 2.78. The minimum atomic E-state index is -0.399. The Morgan fingerprint density at radius 1 is 1.17 bits per heavy atom. The summed E-state index contributed by atoms with van der Waals surface area (Å²) in [6.07, 6.45) is 0.0197. The van der Waals surface area contributed by atoms with Crippen molar-refractivity contribution in [2.24, 2.45) is 4.99 Å². The maximum Gasteiger partial charge on any atom is 0.338 e. The maximum absolute atomic E-state index is 13.3. The zero-order chi connectivity index (χ0) is 25.8. The van der Waals surface area contributed by atoms with E-state index in [0.29, 0.717) is 31.0 Å². The number of aryl methyl sites for hydroxylation is 1. The molecule has 0 N–H and O–H groups in total. The lowest BCUT2D eigenvalue weighted by Crippen LogP contribution is -2.49. The molecular weight excluding hydrogens is 476 g/mol. The van der Waals surface area contributed by atoms with Crippen LogP contribution in [-0.4, -0.2) is 84.3 Å². The third kappa shape index (κ3) is 5.85. The van der Waals surface area contributed by atoms with Gasteiger partial charge in [0.25, 0.3) is 0 Å². The van der Waals surface area contributed by atoms with Gasteiger partial charge in [-0.15, -0.1) is 0 Å². The third-order valence-electron chi connectivity index (χ3n) is 6.59. The molecular formula is C27H36N4O4S. The van der Waals surface area contributed by atoms with Crippen LogP contribution < -0.4 is 0 Å². The summed E-state index contributed by atoms with van der Waals surface area (Å²) < 4.78 is 10.8. The van der Waals surface area contributed by atoms with Gasteiger partial charge in [-0.1, -0.05) is 41.6 Å². The van der Waals surface area contributed by atoms with Gasteiger partial charge < -0.3 is 19.3 Å². The smallest absolute Gasteiger partial charge is 0.338 e. The molecule has 194 valence electrons. The maximum atomic E-state index is 13.3. The van der Waals surface area contributed by atoms with Crippen molar-refractivity contribution in [1.82, 2.24) is 14.7 Å². The van der Waals surface area contributed by atoms with Gasteiger partial charge in [-0.05, 0) is 38.7 Å². The van der Waals surface area contributed by atoms with Crippen LogP contribution in [-0.2, 0) is 19.1 Å². The number of benzene rings is 1. The molecule has 0 unspecified atom stereocenters. The van der Waals surface area contributed by atoms with Gasteiger partial charge in [0.05, 0.1) is 36.4 Å². The minimum Gasteiger partial charge on any atom is -0.459 e. The molecule has 3 heterocycles. The van der Waals surface area contributed by atoms with Crippen LogP contribution >= 0.6 is 11.8 Å². The van der Waals surface area contributed by atoms with Crippen LogP contribution in [0, 0.1) is 6.92 Å². The predicted octanol–water partition coefficient (Wildman–Crippen LogP) is 3.70. The minimum absolute atomic E-state index is 0.0927. The average molecular weight is 513 g/mol. The summed E-state index contributed by atoms with van der Waals surface area (Å²) in [4.78, 5) is 37.7. The Labute approximate surface area is 218 Å². The first-order valence-electron chi connectivity index (χ1n) is 12.5. The lowest BCUT2D eigenvalue weighted by atomic mass is 9.93. The number of esters is 1. The third-order valence-corrected chi connectivity index (χ3v) is 7.48. The van der Waals surface area contributed by atoms with E-state index in [1.54, 1.807) is 7.11 Å². The highest BCUT2D eigenvalue weighted by Crippen LogP contribution is 2.45. The Hall–Kier alpha value is -2.62. The summed E-state index contributed by atoms with van der Waals surface area (Å²) >= 11 is 1.50. The van der Waals surface area contributed by atoms with Gasteiger partial charge in [0.15, 0.2) is 5.17 Å². The van der Waals surface area contributed by atoms with E-state index in [1.165, 1.54) is 11.8 Å². The molecule has 3 aliphatic rings. The molecule has 1 aromatic carbocycles. The molecule has 4 rings (SSSR count). The number of hydrogen-bond donors (Lipinski definition) is 0. The average Bonchev–Trinajstić information content (AvgIpc) is 3.23. The first kappa shape index (κ1) is 26.4. The first-order chi connectivity index (χ1) is 17.3. The van der Waals surface area contributed by atoms with E-state index in [4.69, 9.17) is 14.5 Å². The zero-order valence-corrected chi connectivity index (χ0v) is 22.6. The standard InChI is InChI=1S/C27H36N4O4S/c1-18(2)35-26(33)24-20(4)28-27-31(25(24)21-8-6-7-19(3)15-21)22(17-36-27)16-23(32)30-11-9-29(10-12-30)13-14-34-5/h6-8,15,17-18,25H,9-14,16H2,1-5H3/t25-/m1/s1. The van der Waals surface area contributed by atoms with Gasteiger partial charge in [0.2, 0.25) is 5.91 Å². The van der Waals surface area contributed by atoms with Crippen LogP contribution in [0.5, 0.6) is 0 Å². The fourth-order valence-electron chi connectivity index (χ4n) is 4.77. The summed E-state index contributed by atoms with van der Waals surface area (Å²) in [5.74, 6) is -0.276. The molecule has 8 nitrogen and oxygen atoms in total. The topological polar surface area (TPSA) is 74.7 Å². The number of piperazine rings is 1. The zero-order valence-electron chi connectivity index (χ0n) is 21.8. The predicted molar refractivity (Wildman–Crippen MR) is 142 cm³/mol. The van der Waals surface area contributed by atoms with Crippen molar-refractivity contribution < 1.29 is 19.1 Å². The highest BCUT2D eigenvalue weighted by molar-refractivity contribution is 8.16. The molecule has 3 aliphatic heterocycles. The fraction of sp³-hybridized carbons (Fsp3) is 0.519. The Kier molecular flexibility index (Phi) is 8.54. The highest BCUT2D eigenvalue weighted by atomic mass is 32.2. The van der Waals surface area contributed by atoms with E-state index in [9.17, 15) is 9.59 Å². The number of aliphatic imine (C=N–C) groups is 1. The molecule has 1 saturated heterocycles. The van der Waals surface area contributed by atoms with Crippen molar-refractivity contribution in [3.8, 4) is 0 Å². The monoisotopic (exact) mass is 512 g/mol. The molecule has 1 fully saturated rings. The largest absolute Gasteiger partial charge is 0.459 e. The number of nitrogens with zero attached hydrogens (tertiary/aromatic N) is 4. The number of carbonyl (C=O) groups is 2. The molecule has 0 aliphatic carbocycles. The number of fused-ring (bicyclic) bond motifs is 1. The molecule has 0 spiro atoms. The second-order valence-corrected chi connectivity index (χ2v) is 10.5. The summed E-state index contributed by atoms with van der Waals surface area (Å²) in [5.41, 5.74) is 4.11. The second kappa shape index (κ2) is 11.6. The van der Waals surface area contributed by atoms with Gasteiger partial charge in [-0.2, -0.15) is 0 Å².